The second kappa shape index (κ2) is 5.45. The lowest BCUT2D eigenvalue weighted by Gasteiger charge is -2.14. The van der Waals surface area contributed by atoms with Gasteiger partial charge in [0.05, 0.1) is 23.3 Å². The van der Waals surface area contributed by atoms with Crippen LogP contribution in [0.3, 0.4) is 0 Å². The number of aromatic nitrogens is 1. The molecule has 2 amide bonds. The molecule has 3 heterocycles. The summed E-state index contributed by atoms with van der Waals surface area (Å²) in [5.74, 6) is 0.648. The summed E-state index contributed by atoms with van der Waals surface area (Å²) < 4.78 is 5.70. The summed E-state index contributed by atoms with van der Waals surface area (Å²) >= 11 is 1.55. The van der Waals surface area contributed by atoms with Crippen LogP contribution in [0.25, 0.3) is 10.8 Å². The van der Waals surface area contributed by atoms with Crippen LogP contribution >= 0.6 is 11.3 Å². The van der Waals surface area contributed by atoms with Crippen LogP contribution in [-0.2, 0) is 16.1 Å². The summed E-state index contributed by atoms with van der Waals surface area (Å²) in [7, 11) is 0. The van der Waals surface area contributed by atoms with E-state index in [0.717, 1.165) is 4.88 Å². The van der Waals surface area contributed by atoms with Crippen LogP contribution in [0, 0.1) is 18.8 Å². The number of nitrogens with zero attached hydrogens (tertiary/aromatic N) is 2. The molecule has 2 aliphatic rings. The van der Waals surface area contributed by atoms with Gasteiger partial charge in [-0.3, -0.25) is 14.5 Å². The normalized spacial score (nSPS) is 23.6. The van der Waals surface area contributed by atoms with E-state index in [1.165, 1.54) is 4.90 Å². The van der Waals surface area contributed by atoms with Crippen molar-refractivity contribution in [3.63, 3.8) is 0 Å². The minimum Gasteiger partial charge on any atom is -0.440 e. The van der Waals surface area contributed by atoms with Gasteiger partial charge in [0.15, 0.2) is 0 Å². The maximum atomic E-state index is 12.5. The number of thiophene rings is 1. The maximum Gasteiger partial charge on any atom is 0.236 e. The van der Waals surface area contributed by atoms with E-state index in [-0.39, 0.29) is 30.2 Å². The highest BCUT2D eigenvalue weighted by molar-refractivity contribution is 7.13. The lowest BCUT2D eigenvalue weighted by Crippen LogP contribution is -2.30. The van der Waals surface area contributed by atoms with Crippen LogP contribution in [0.5, 0.6) is 0 Å². The highest BCUT2D eigenvalue weighted by atomic mass is 32.1. The number of hydrogen-bond donors (Lipinski definition) is 0. The molecule has 1 aliphatic carbocycles. The van der Waals surface area contributed by atoms with Crippen molar-refractivity contribution in [2.24, 2.45) is 11.8 Å². The summed E-state index contributed by atoms with van der Waals surface area (Å²) in [5.41, 5.74) is 0.654. The van der Waals surface area contributed by atoms with Gasteiger partial charge in [-0.15, -0.1) is 11.3 Å². The Morgan fingerprint density at radius 3 is 2.57 bits per heavy atom. The third kappa shape index (κ3) is 2.34. The molecule has 1 saturated heterocycles. The lowest BCUT2D eigenvalue weighted by molar-refractivity contribution is -0.140. The fraction of sp³-hybridized carbons (Fsp3) is 0.353. The van der Waals surface area contributed by atoms with Crippen molar-refractivity contribution >= 4 is 23.2 Å². The molecule has 1 aliphatic heterocycles. The van der Waals surface area contributed by atoms with Gasteiger partial charge >= 0.3 is 0 Å². The van der Waals surface area contributed by atoms with Crippen LogP contribution < -0.4 is 0 Å². The van der Waals surface area contributed by atoms with E-state index in [2.05, 4.69) is 4.98 Å². The Balaban J connectivity index is 1.59. The van der Waals surface area contributed by atoms with Gasteiger partial charge < -0.3 is 4.42 Å². The fourth-order valence-electron chi connectivity index (χ4n) is 3.25. The van der Waals surface area contributed by atoms with Crippen LogP contribution in [0.2, 0.25) is 0 Å². The smallest absolute Gasteiger partial charge is 0.236 e. The Labute approximate surface area is 137 Å². The summed E-state index contributed by atoms with van der Waals surface area (Å²) in [4.78, 5) is 31.8. The predicted molar refractivity (Wildman–Crippen MR) is 85.5 cm³/mol. The molecule has 2 aromatic heterocycles. The Hall–Kier alpha value is -2.21. The number of allylic oxidation sites excluding steroid dienone is 2. The van der Waals surface area contributed by atoms with Crippen LogP contribution in [0.15, 0.2) is 34.1 Å². The Morgan fingerprint density at radius 1 is 1.26 bits per heavy atom. The molecule has 23 heavy (non-hydrogen) atoms. The molecule has 118 valence electrons. The first-order chi connectivity index (χ1) is 11.1. The highest BCUT2D eigenvalue weighted by Crippen LogP contribution is 2.36. The van der Waals surface area contributed by atoms with Gasteiger partial charge in [-0.1, -0.05) is 18.2 Å². The van der Waals surface area contributed by atoms with Crippen LogP contribution in [0.1, 0.15) is 24.3 Å². The fourth-order valence-corrected chi connectivity index (χ4v) is 3.90. The molecule has 6 heteroatoms. The lowest BCUT2D eigenvalue weighted by atomic mass is 9.85. The summed E-state index contributed by atoms with van der Waals surface area (Å²) in [6, 6.07) is 3.87. The van der Waals surface area contributed by atoms with Gasteiger partial charge in [0.2, 0.25) is 17.7 Å². The third-order valence-corrected chi connectivity index (χ3v) is 5.39. The number of carbonyl (C=O) groups is 2. The van der Waals surface area contributed by atoms with E-state index >= 15 is 0 Å². The van der Waals surface area contributed by atoms with E-state index < -0.39 is 0 Å². The van der Waals surface area contributed by atoms with Crippen molar-refractivity contribution in [2.45, 2.75) is 26.3 Å². The van der Waals surface area contributed by atoms with Gasteiger partial charge in [-0.2, -0.15) is 0 Å². The topological polar surface area (TPSA) is 63.4 Å². The van der Waals surface area contributed by atoms with Gasteiger partial charge in [0, 0.05) is 0 Å². The molecule has 0 bridgehead atoms. The Kier molecular flexibility index (Phi) is 3.41. The number of likely N-dealkylation sites (tertiary alicyclic amines) is 1. The van der Waals surface area contributed by atoms with E-state index in [1.54, 1.807) is 11.3 Å². The van der Waals surface area contributed by atoms with Crippen molar-refractivity contribution in [1.29, 1.82) is 0 Å². The standard InChI is InChI=1S/C17H16N2O3S/c1-10-13(18-15(22-10)14-7-4-8-23-14)9-19-16(20)11-5-2-3-6-12(11)17(19)21/h2-4,7-8,11-12H,5-6,9H2,1H3/t11-,12+. The van der Waals surface area contributed by atoms with Crippen molar-refractivity contribution in [3.05, 3.63) is 41.1 Å². The minimum atomic E-state index is -0.198. The van der Waals surface area contributed by atoms with Gasteiger partial charge in [0.1, 0.15) is 11.5 Å². The molecule has 0 aromatic carbocycles. The van der Waals surface area contributed by atoms with Crippen LogP contribution in [0.4, 0.5) is 0 Å². The molecule has 0 saturated carbocycles. The van der Waals surface area contributed by atoms with Gasteiger partial charge in [-0.05, 0) is 31.2 Å². The Morgan fingerprint density at radius 2 is 1.96 bits per heavy atom. The molecular formula is C17H16N2O3S. The number of oxazole rings is 1. The maximum absolute atomic E-state index is 12.5. The predicted octanol–water partition coefficient (Wildman–Crippen LogP) is 3.16. The summed E-state index contributed by atoms with van der Waals surface area (Å²) in [6.45, 7) is 2.02. The molecule has 1 fully saturated rings. The largest absolute Gasteiger partial charge is 0.440 e. The monoisotopic (exact) mass is 328 g/mol. The number of fused-ring (bicyclic) bond motifs is 1. The van der Waals surface area contributed by atoms with Crippen molar-refractivity contribution in [2.75, 3.05) is 0 Å². The summed E-state index contributed by atoms with van der Waals surface area (Å²) in [5, 5.41) is 1.96. The molecule has 2 aromatic rings. The van der Waals surface area contributed by atoms with Gasteiger partial charge in [0.25, 0.3) is 0 Å². The highest BCUT2D eigenvalue weighted by Gasteiger charge is 2.47. The number of amides is 2. The molecule has 0 radical (unpaired) electrons. The number of hydrogen-bond acceptors (Lipinski definition) is 5. The molecule has 0 unspecified atom stereocenters. The first-order valence-corrected chi connectivity index (χ1v) is 8.53. The SMILES string of the molecule is Cc1oc(-c2cccs2)nc1CN1C(=O)[C@H]2CC=CC[C@H]2C1=O. The zero-order valence-electron chi connectivity index (χ0n) is 12.7. The average molecular weight is 328 g/mol. The van der Waals surface area contributed by atoms with Crippen molar-refractivity contribution < 1.29 is 14.0 Å². The number of imide groups is 1. The van der Waals surface area contributed by atoms with E-state index in [1.807, 2.05) is 36.6 Å². The Bertz CT molecular complexity index is 765. The molecule has 5 nitrogen and oxygen atoms in total. The minimum absolute atomic E-state index is 0.0792. The van der Waals surface area contributed by atoms with E-state index in [0.29, 0.717) is 30.2 Å². The first-order valence-electron chi connectivity index (χ1n) is 7.65. The van der Waals surface area contributed by atoms with Gasteiger partial charge in [-0.25, -0.2) is 4.98 Å². The molecule has 0 spiro atoms. The zero-order chi connectivity index (χ0) is 16.0. The number of rotatable bonds is 3. The van der Waals surface area contributed by atoms with E-state index in [4.69, 9.17) is 4.42 Å². The number of carbonyl (C=O) groups excluding carboxylic acids is 2. The zero-order valence-corrected chi connectivity index (χ0v) is 13.5. The first kappa shape index (κ1) is 14.4. The third-order valence-electron chi connectivity index (χ3n) is 4.53. The summed E-state index contributed by atoms with van der Waals surface area (Å²) in [6.07, 6.45) is 5.30. The number of aryl methyl sites for hydroxylation is 1. The van der Waals surface area contributed by atoms with Crippen LogP contribution in [-0.4, -0.2) is 21.7 Å². The van der Waals surface area contributed by atoms with Crippen molar-refractivity contribution in [3.8, 4) is 10.8 Å². The van der Waals surface area contributed by atoms with Crippen molar-refractivity contribution in [1.82, 2.24) is 9.88 Å². The molecular weight excluding hydrogens is 312 g/mol. The molecule has 4 rings (SSSR count). The molecule has 0 N–H and O–H groups in total. The second-order valence-corrected chi connectivity index (χ2v) is 6.87. The van der Waals surface area contributed by atoms with E-state index in [9.17, 15) is 9.59 Å². The molecule has 2 atom stereocenters. The average Bonchev–Trinajstić information content (AvgIpc) is 3.25. The quantitative estimate of drug-likeness (QED) is 0.641. The second-order valence-electron chi connectivity index (χ2n) is 5.92.